The van der Waals surface area contributed by atoms with Gasteiger partial charge in [0, 0.05) is 13.1 Å². The number of hydrogen-bond donors (Lipinski definition) is 1. The summed E-state index contributed by atoms with van der Waals surface area (Å²) in [5.74, 6) is 0.988. The molecule has 1 aromatic heterocycles. The van der Waals surface area contributed by atoms with Crippen LogP contribution in [0.1, 0.15) is 36.8 Å². The second kappa shape index (κ2) is 8.38. The van der Waals surface area contributed by atoms with Crippen LogP contribution in [0.2, 0.25) is 0 Å². The highest BCUT2D eigenvalue weighted by Gasteiger charge is 2.19. The SMILES string of the molecule is CCN(CC)C(CNCc1cccc(C#N)c1)c1ccco1. The van der Waals surface area contributed by atoms with E-state index in [1.807, 2.05) is 36.4 Å². The standard InChI is InChI=1S/C18H23N3O/c1-3-21(4-2)17(18-9-6-10-22-18)14-20-13-16-8-5-7-15(11-16)12-19/h5-11,17,20H,3-4,13-14H2,1-2H3. The van der Waals surface area contributed by atoms with Crippen LogP contribution in [0.4, 0.5) is 0 Å². The number of nitrogens with one attached hydrogen (secondary N) is 1. The fourth-order valence-corrected chi connectivity index (χ4v) is 2.66. The molecule has 4 nitrogen and oxygen atoms in total. The Balaban J connectivity index is 1.98. The van der Waals surface area contributed by atoms with Crippen molar-refractivity contribution >= 4 is 0 Å². The minimum Gasteiger partial charge on any atom is -0.468 e. The molecule has 0 spiro atoms. The van der Waals surface area contributed by atoms with Crippen LogP contribution >= 0.6 is 0 Å². The summed E-state index contributed by atoms with van der Waals surface area (Å²) in [7, 11) is 0. The third kappa shape index (κ3) is 4.20. The van der Waals surface area contributed by atoms with Crippen LogP contribution < -0.4 is 5.32 Å². The van der Waals surface area contributed by atoms with Crippen LogP contribution in [0, 0.1) is 11.3 Å². The molecular formula is C18H23N3O. The van der Waals surface area contributed by atoms with Gasteiger partial charge < -0.3 is 9.73 Å². The average molecular weight is 297 g/mol. The van der Waals surface area contributed by atoms with Crippen molar-refractivity contribution in [2.75, 3.05) is 19.6 Å². The Labute approximate surface area is 132 Å². The van der Waals surface area contributed by atoms with E-state index in [1.165, 1.54) is 0 Å². The topological polar surface area (TPSA) is 52.2 Å². The van der Waals surface area contributed by atoms with E-state index in [0.29, 0.717) is 5.56 Å². The van der Waals surface area contributed by atoms with Gasteiger partial charge in [-0.15, -0.1) is 0 Å². The Kier molecular flexibility index (Phi) is 6.20. The molecule has 1 atom stereocenters. The molecular weight excluding hydrogens is 274 g/mol. The Morgan fingerprint density at radius 1 is 1.23 bits per heavy atom. The predicted molar refractivity (Wildman–Crippen MR) is 87.2 cm³/mol. The third-order valence-corrected chi connectivity index (χ3v) is 3.85. The summed E-state index contributed by atoms with van der Waals surface area (Å²) < 4.78 is 5.59. The third-order valence-electron chi connectivity index (χ3n) is 3.85. The van der Waals surface area contributed by atoms with Crippen molar-refractivity contribution in [1.29, 1.82) is 5.26 Å². The quantitative estimate of drug-likeness (QED) is 0.812. The highest BCUT2D eigenvalue weighted by molar-refractivity contribution is 5.32. The van der Waals surface area contributed by atoms with Gasteiger partial charge in [-0.05, 0) is 42.9 Å². The van der Waals surface area contributed by atoms with Gasteiger partial charge in [0.05, 0.1) is 23.9 Å². The number of hydrogen-bond acceptors (Lipinski definition) is 4. The molecule has 1 heterocycles. The summed E-state index contributed by atoms with van der Waals surface area (Å²) in [5.41, 5.74) is 1.82. The van der Waals surface area contributed by atoms with Crippen LogP contribution in [-0.2, 0) is 6.54 Å². The van der Waals surface area contributed by atoms with Crippen LogP contribution in [0.25, 0.3) is 0 Å². The maximum absolute atomic E-state index is 8.95. The second-order valence-corrected chi connectivity index (χ2v) is 5.20. The number of benzene rings is 1. The molecule has 0 aliphatic heterocycles. The van der Waals surface area contributed by atoms with Crippen molar-refractivity contribution in [2.24, 2.45) is 0 Å². The van der Waals surface area contributed by atoms with Crippen molar-refractivity contribution in [3.8, 4) is 6.07 Å². The first-order valence-corrected chi connectivity index (χ1v) is 7.75. The smallest absolute Gasteiger partial charge is 0.122 e. The summed E-state index contributed by atoms with van der Waals surface area (Å²) in [6.07, 6.45) is 1.72. The zero-order valence-electron chi connectivity index (χ0n) is 13.2. The Morgan fingerprint density at radius 2 is 2.05 bits per heavy atom. The number of rotatable bonds is 8. The number of nitrogens with zero attached hydrogens (tertiary/aromatic N) is 2. The first kappa shape index (κ1) is 16.3. The molecule has 1 N–H and O–H groups in total. The molecule has 0 saturated heterocycles. The molecule has 4 heteroatoms. The molecule has 0 radical (unpaired) electrons. The van der Waals surface area contributed by atoms with Gasteiger partial charge >= 0.3 is 0 Å². The number of likely N-dealkylation sites (N-methyl/N-ethyl adjacent to an activating group) is 1. The van der Waals surface area contributed by atoms with E-state index in [9.17, 15) is 0 Å². The molecule has 0 fully saturated rings. The van der Waals surface area contributed by atoms with Crippen molar-refractivity contribution in [1.82, 2.24) is 10.2 Å². The lowest BCUT2D eigenvalue weighted by atomic mass is 10.1. The molecule has 0 aliphatic rings. The molecule has 0 amide bonds. The minimum atomic E-state index is 0.226. The first-order valence-electron chi connectivity index (χ1n) is 7.75. The summed E-state index contributed by atoms with van der Waals surface area (Å²) in [6, 6.07) is 14.1. The predicted octanol–water partition coefficient (Wildman–Crippen LogP) is 3.32. The van der Waals surface area contributed by atoms with Gasteiger partial charge in [-0.3, -0.25) is 4.90 Å². The summed E-state index contributed by atoms with van der Waals surface area (Å²) in [5, 5.41) is 12.4. The first-order chi connectivity index (χ1) is 10.8. The van der Waals surface area contributed by atoms with Gasteiger partial charge in [0.15, 0.2) is 0 Å². The Morgan fingerprint density at radius 3 is 2.68 bits per heavy atom. The monoisotopic (exact) mass is 297 g/mol. The van der Waals surface area contributed by atoms with Gasteiger partial charge in [-0.2, -0.15) is 5.26 Å². The lowest BCUT2D eigenvalue weighted by Gasteiger charge is -2.28. The maximum atomic E-state index is 8.95. The molecule has 0 saturated carbocycles. The summed E-state index contributed by atoms with van der Waals surface area (Å²) in [6.45, 7) is 7.84. The van der Waals surface area contributed by atoms with E-state index in [-0.39, 0.29) is 6.04 Å². The molecule has 0 aliphatic carbocycles. The van der Waals surface area contributed by atoms with E-state index >= 15 is 0 Å². The van der Waals surface area contributed by atoms with Gasteiger partial charge in [0.2, 0.25) is 0 Å². The molecule has 0 bridgehead atoms. The van der Waals surface area contributed by atoms with E-state index < -0.39 is 0 Å². The average Bonchev–Trinajstić information content (AvgIpc) is 3.09. The molecule has 1 unspecified atom stereocenters. The van der Waals surface area contributed by atoms with E-state index in [1.54, 1.807) is 6.26 Å². The molecule has 2 aromatic rings. The largest absolute Gasteiger partial charge is 0.468 e. The van der Waals surface area contributed by atoms with Gasteiger partial charge in [0.25, 0.3) is 0 Å². The Bertz CT molecular complexity index is 597. The van der Waals surface area contributed by atoms with Gasteiger partial charge in [0.1, 0.15) is 5.76 Å². The van der Waals surface area contributed by atoms with Crippen molar-refractivity contribution < 1.29 is 4.42 Å². The summed E-state index contributed by atoms with van der Waals surface area (Å²) >= 11 is 0. The normalized spacial score (nSPS) is 12.3. The van der Waals surface area contributed by atoms with E-state index in [2.05, 4.69) is 30.1 Å². The van der Waals surface area contributed by atoms with Gasteiger partial charge in [-0.1, -0.05) is 26.0 Å². The van der Waals surface area contributed by atoms with Crippen molar-refractivity contribution in [3.63, 3.8) is 0 Å². The number of nitriles is 1. The van der Waals surface area contributed by atoms with Crippen molar-refractivity contribution in [2.45, 2.75) is 26.4 Å². The second-order valence-electron chi connectivity index (χ2n) is 5.20. The van der Waals surface area contributed by atoms with Crippen LogP contribution in [-0.4, -0.2) is 24.5 Å². The minimum absolute atomic E-state index is 0.226. The zero-order chi connectivity index (χ0) is 15.8. The van der Waals surface area contributed by atoms with Crippen LogP contribution in [0.3, 0.4) is 0 Å². The maximum Gasteiger partial charge on any atom is 0.122 e. The molecule has 22 heavy (non-hydrogen) atoms. The fourth-order valence-electron chi connectivity index (χ4n) is 2.66. The number of furan rings is 1. The zero-order valence-corrected chi connectivity index (χ0v) is 13.2. The Hall–Kier alpha value is -2.09. The fraction of sp³-hybridized carbons (Fsp3) is 0.389. The highest BCUT2D eigenvalue weighted by atomic mass is 16.3. The van der Waals surface area contributed by atoms with Crippen LogP contribution in [0.5, 0.6) is 0 Å². The van der Waals surface area contributed by atoms with Crippen LogP contribution in [0.15, 0.2) is 47.1 Å². The summed E-state index contributed by atoms with van der Waals surface area (Å²) in [4.78, 5) is 2.37. The highest BCUT2D eigenvalue weighted by Crippen LogP contribution is 2.20. The van der Waals surface area contributed by atoms with Gasteiger partial charge in [-0.25, -0.2) is 0 Å². The van der Waals surface area contributed by atoms with E-state index in [4.69, 9.17) is 9.68 Å². The van der Waals surface area contributed by atoms with E-state index in [0.717, 1.165) is 37.5 Å². The molecule has 116 valence electrons. The molecule has 2 rings (SSSR count). The lowest BCUT2D eigenvalue weighted by molar-refractivity contribution is 0.188. The van der Waals surface area contributed by atoms with Crippen molar-refractivity contribution in [3.05, 3.63) is 59.5 Å². The molecule has 1 aromatic carbocycles. The lowest BCUT2D eigenvalue weighted by Crippen LogP contribution is -2.35.